The molecule has 8 nitrogen and oxygen atoms in total. The molecule has 0 aliphatic carbocycles. The average molecular weight is 376 g/mol. The van der Waals surface area contributed by atoms with Crippen LogP contribution in [-0.2, 0) is 29.6 Å². The van der Waals surface area contributed by atoms with Crippen molar-refractivity contribution in [2.24, 2.45) is 5.92 Å². The molecule has 0 unspecified atom stereocenters. The van der Waals surface area contributed by atoms with E-state index >= 15 is 0 Å². The molecule has 24 heavy (non-hydrogen) atoms. The number of ether oxygens (including phenoxy) is 1. The van der Waals surface area contributed by atoms with E-state index in [1.165, 1.54) is 31.4 Å². The van der Waals surface area contributed by atoms with Crippen LogP contribution < -0.4 is 9.03 Å². The second-order valence-corrected chi connectivity index (χ2v) is 9.15. The molecule has 0 aromatic heterocycles. The van der Waals surface area contributed by atoms with E-state index in [-0.39, 0.29) is 22.9 Å². The van der Waals surface area contributed by atoms with Crippen molar-refractivity contribution in [3.05, 3.63) is 24.3 Å². The summed E-state index contributed by atoms with van der Waals surface area (Å²) in [5.74, 6) is -1.36. The summed E-state index contributed by atoms with van der Waals surface area (Å²) in [7, 11) is -5.87. The normalized spacial score (nSPS) is 20.5. The number of nitrogens with one attached hydrogen (secondary N) is 1. The zero-order chi connectivity index (χ0) is 18.0. The summed E-state index contributed by atoms with van der Waals surface area (Å²) in [6.45, 7) is 2.21. The number of sulfonamides is 2. The molecule has 1 aromatic carbocycles. The maximum Gasteiger partial charge on any atom is 0.244 e. The standard InChI is InChI=1S/C14H20N2O6S2/c1-11-10-23(18,19)16(14(11)17)12-4-6-13(7-5-12)24(20,21)15-8-3-9-22-2/h4-7,11,15H,3,8-10H2,1-2H3/t11-/m1/s1. The fraction of sp³-hybridized carbons (Fsp3) is 0.500. The Bertz CT molecular complexity index is 802. The number of benzene rings is 1. The number of hydrogen-bond donors (Lipinski definition) is 1. The van der Waals surface area contributed by atoms with Crippen molar-refractivity contribution in [3.63, 3.8) is 0 Å². The minimum absolute atomic E-state index is 0.000703. The molecule has 1 heterocycles. The van der Waals surface area contributed by atoms with E-state index in [1.54, 1.807) is 6.92 Å². The van der Waals surface area contributed by atoms with Gasteiger partial charge in [0.15, 0.2) is 0 Å². The minimum atomic E-state index is -3.70. The van der Waals surface area contributed by atoms with Gasteiger partial charge in [-0.3, -0.25) is 4.79 Å². The van der Waals surface area contributed by atoms with Crippen LogP contribution >= 0.6 is 0 Å². The van der Waals surface area contributed by atoms with Crippen LogP contribution in [0.4, 0.5) is 5.69 Å². The van der Waals surface area contributed by atoms with Crippen LogP contribution in [0, 0.1) is 5.92 Å². The molecular weight excluding hydrogens is 356 g/mol. The Labute approximate surface area is 141 Å². The summed E-state index contributed by atoms with van der Waals surface area (Å²) in [6.07, 6.45) is 0.534. The first-order valence-corrected chi connectivity index (χ1v) is 10.4. The van der Waals surface area contributed by atoms with E-state index < -0.39 is 31.9 Å². The highest BCUT2D eigenvalue weighted by Gasteiger charge is 2.41. The Morgan fingerprint density at radius 3 is 2.42 bits per heavy atom. The second kappa shape index (κ2) is 7.18. The highest BCUT2D eigenvalue weighted by atomic mass is 32.2. The number of rotatable bonds is 7. The number of hydrogen-bond acceptors (Lipinski definition) is 6. The number of nitrogens with zero attached hydrogens (tertiary/aromatic N) is 1. The summed E-state index contributed by atoms with van der Waals surface area (Å²) in [5, 5.41) is 0. The monoisotopic (exact) mass is 376 g/mol. The molecule has 0 spiro atoms. The van der Waals surface area contributed by atoms with E-state index in [4.69, 9.17) is 4.74 Å². The van der Waals surface area contributed by atoms with Gasteiger partial charge < -0.3 is 4.74 Å². The molecule has 134 valence electrons. The zero-order valence-electron chi connectivity index (χ0n) is 13.4. The van der Waals surface area contributed by atoms with Crippen LogP contribution in [0.3, 0.4) is 0 Å². The topological polar surface area (TPSA) is 110 Å². The van der Waals surface area contributed by atoms with Gasteiger partial charge in [-0.2, -0.15) is 0 Å². The molecular formula is C14H20N2O6S2. The highest BCUT2D eigenvalue weighted by Crippen LogP contribution is 2.28. The van der Waals surface area contributed by atoms with Gasteiger partial charge in [0.1, 0.15) is 0 Å². The largest absolute Gasteiger partial charge is 0.385 e. The molecule has 0 radical (unpaired) electrons. The van der Waals surface area contributed by atoms with Crippen LogP contribution in [0.2, 0.25) is 0 Å². The summed E-state index contributed by atoms with van der Waals surface area (Å²) in [6, 6.07) is 5.19. The van der Waals surface area contributed by atoms with Crippen molar-refractivity contribution in [3.8, 4) is 0 Å². The SMILES string of the molecule is COCCCNS(=O)(=O)c1ccc(N2C(=O)[C@H](C)CS2(=O)=O)cc1. The van der Waals surface area contributed by atoms with Crippen molar-refractivity contribution < 1.29 is 26.4 Å². The highest BCUT2D eigenvalue weighted by molar-refractivity contribution is 7.94. The lowest BCUT2D eigenvalue weighted by molar-refractivity contribution is -0.119. The Balaban J connectivity index is 2.18. The van der Waals surface area contributed by atoms with Gasteiger partial charge in [-0.15, -0.1) is 0 Å². The maximum atomic E-state index is 12.1. The van der Waals surface area contributed by atoms with Gasteiger partial charge in [0.2, 0.25) is 26.0 Å². The lowest BCUT2D eigenvalue weighted by Crippen LogP contribution is -2.30. The number of carbonyl (C=O) groups is 1. The van der Waals surface area contributed by atoms with Crippen LogP contribution in [0.15, 0.2) is 29.2 Å². The molecule has 1 aliphatic rings. The Hall–Kier alpha value is -1.49. The Morgan fingerprint density at radius 1 is 1.29 bits per heavy atom. The quantitative estimate of drug-likeness (QED) is 0.686. The molecule has 10 heteroatoms. The predicted octanol–water partition coefficient (Wildman–Crippen LogP) is 0.314. The fourth-order valence-electron chi connectivity index (χ4n) is 2.35. The number of methoxy groups -OCH3 is 1. The first kappa shape index (κ1) is 18.8. The number of amides is 1. The molecule has 2 rings (SSSR count). The number of anilines is 1. The van der Waals surface area contributed by atoms with Gasteiger partial charge in [-0.1, -0.05) is 6.92 Å². The fourth-order valence-corrected chi connectivity index (χ4v) is 5.25. The molecule has 1 N–H and O–H groups in total. The van der Waals surface area contributed by atoms with E-state index in [9.17, 15) is 21.6 Å². The summed E-state index contributed by atoms with van der Waals surface area (Å²) in [4.78, 5) is 12.0. The van der Waals surface area contributed by atoms with Crippen molar-refractivity contribution in [1.29, 1.82) is 0 Å². The van der Waals surface area contributed by atoms with E-state index in [0.717, 1.165) is 4.31 Å². The van der Waals surface area contributed by atoms with Gasteiger partial charge >= 0.3 is 0 Å². The van der Waals surface area contributed by atoms with Crippen molar-refractivity contribution in [1.82, 2.24) is 4.72 Å². The first-order valence-electron chi connectivity index (χ1n) is 7.34. The maximum absolute atomic E-state index is 12.1. The molecule has 0 bridgehead atoms. The van der Waals surface area contributed by atoms with Crippen LogP contribution in [-0.4, -0.2) is 48.8 Å². The van der Waals surface area contributed by atoms with Crippen molar-refractivity contribution in [2.45, 2.75) is 18.2 Å². The summed E-state index contributed by atoms with van der Waals surface area (Å²) < 4.78 is 56.3. The molecule has 0 saturated carbocycles. The summed E-state index contributed by atoms with van der Waals surface area (Å²) >= 11 is 0. The molecule has 1 atom stereocenters. The van der Waals surface area contributed by atoms with Gasteiger partial charge in [0.25, 0.3) is 0 Å². The molecule has 1 aromatic rings. The van der Waals surface area contributed by atoms with Crippen LogP contribution in [0.1, 0.15) is 13.3 Å². The van der Waals surface area contributed by atoms with E-state index in [0.29, 0.717) is 13.0 Å². The second-order valence-electron chi connectivity index (χ2n) is 5.52. The first-order chi connectivity index (χ1) is 11.2. The number of carbonyl (C=O) groups excluding carboxylic acids is 1. The van der Waals surface area contributed by atoms with Gasteiger partial charge in [0.05, 0.1) is 22.3 Å². The third-order valence-corrected chi connectivity index (χ3v) is 6.90. The van der Waals surface area contributed by atoms with Gasteiger partial charge in [0, 0.05) is 20.3 Å². The smallest absolute Gasteiger partial charge is 0.244 e. The minimum Gasteiger partial charge on any atom is -0.385 e. The van der Waals surface area contributed by atoms with Crippen molar-refractivity contribution >= 4 is 31.6 Å². The van der Waals surface area contributed by atoms with E-state index in [2.05, 4.69) is 4.72 Å². The lowest BCUT2D eigenvalue weighted by atomic mass is 10.2. The third-order valence-electron chi connectivity index (χ3n) is 3.56. The average Bonchev–Trinajstić information content (AvgIpc) is 2.72. The lowest BCUT2D eigenvalue weighted by Gasteiger charge is -2.15. The molecule has 1 saturated heterocycles. The van der Waals surface area contributed by atoms with E-state index in [1.807, 2.05) is 0 Å². The zero-order valence-corrected chi connectivity index (χ0v) is 15.1. The van der Waals surface area contributed by atoms with Crippen LogP contribution in [0.25, 0.3) is 0 Å². The molecule has 1 fully saturated rings. The Morgan fingerprint density at radius 2 is 1.92 bits per heavy atom. The third kappa shape index (κ3) is 3.94. The molecule has 1 aliphatic heterocycles. The summed E-state index contributed by atoms with van der Waals surface area (Å²) in [5.41, 5.74) is 0.141. The van der Waals surface area contributed by atoms with Gasteiger partial charge in [-0.25, -0.2) is 25.9 Å². The molecule has 1 amide bonds. The van der Waals surface area contributed by atoms with Gasteiger partial charge in [-0.05, 0) is 30.7 Å². The predicted molar refractivity (Wildman–Crippen MR) is 88.6 cm³/mol. The van der Waals surface area contributed by atoms with Crippen LogP contribution in [0.5, 0.6) is 0 Å². The Kier molecular flexibility index (Phi) is 5.63. The van der Waals surface area contributed by atoms with Crippen molar-refractivity contribution in [2.75, 3.05) is 30.3 Å².